The van der Waals surface area contributed by atoms with Gasteiger partial charge >= 0.3 is 11.9 Å². The van der Waals surface area contributed by atoms with Gasteiger partial charge in [-0.05, 0) is 19.3 Å². The summed E-state index contributed by atoms with van der Waals surface area (Å²) in [5.41, 5.74) is 0. The highest BCUT2D eigenvalue weighted by Crippen LogP contribution is 2.12. The molecule has 3 atom stereocenters. The highest BCUT2D eigenvalue weighted by atomic mass is 16.5. The van der Waals surface area contributed by atoms with Gasteiger partial charge in [0.15, 0.2) is 0 Å². The van der Waals surface area contributed by atoms with E-state index in [9.17, 15) is 24.3 Å². The fraction of sp³-hybridized carbons (Fsp3) is 0.692. The normalized spacial score (nSPS) is 20.3. The molecule has 1 saturated heterocycles. The number of nitrogens with one attached hydrogen (secondary N) is 2. The molecule has 1 fully saturated rings. The summed E-state index contributed by atoms with van der Waals surface area (Å²) in [6, 6.07) is -1.92. The van der Waals surface area contributed by atoms with E-state index >= 15 is 0 Å². The molecule has 0 spiro atoms. The lowest BCUT2D eigenvalue weighted by Crippen LogP contribution is -2.51. The second-order valence-electron chi connectivity index (χ2n) is 4.97. The first kappa shape index (κ1) is 16.9. The summed E-state index contributed by atoms with van der Waals surface area (Å²) >= 11 is 0. The summed E-state index contributed by atoms with van der Waals surface area (Å²) in [6.45, 7) is 3.41. The molecule has 0 saturated carbocycles. The zero-order chi connectivity index (χ0) is 16.0. The lowest BCUT2D eigenvalue weighted by Gasteiger charge is -2.22. The minimum absolute atomic E-state index is 0.109. The monoisotopic (exact) mass is 300 g/mol. The first-order valence-electron chi connectivity index (χ1n) is 6.83. The minimum atomic E-state index is -1.23. The number of carboxylic acids is 1. The Kier molecular flexibility index (Phi) is 6.13. The van der Waals surface area contributed by atoms with Gasteiger partial charge < -0.3 is 20.5 Å². The van der Waals surface area contributed by atoms with Crippen LogP contribution in [0.3, 0.4) is 0 Å². The number of amides is 2. The van der Waals surface area contributed by atoms with Gasteiger partial charge in [0.2, 0.25) is 11.8 Å². The van der Waals surface area contributed by atoms with E-state index in [0.29, 0.717) is 6.42 Å². The predicted octanol–water partition coefficient (Wildman–Crippen LogP) is -0.576. The zero-order valence-electron chi connectivity index (χ0n) is 12.0. The van der Waals surface area contributed by atoms with Gasteiger partial charge in [0.1, 0.15) is 12.1 Å². The van der Waals surface area contributed by atoms with E-state index < -0.39 is 35.8 Å². The average molecular weight is 300 g/mol. The molecule has 3 N–H and O–H groups in total. The van der Waals surface area contributed by atoms with Crippen molar-refractivity contribution in [2.75, 3.05) is 6.61 Å². The standard InChI is InChI=1S/C13H20N2O6/c1-3-21-10(17)6-7(2)11(13(19)20)15-12(18)8-4-5-9(16)14-8/h7-8,11H,3-6H2,1-2H3,(H,14,16)(H,15,18)(H,19,20)/t7-,8-,11+/m0/s1. The number of aliphatic carboxylic acids is 1. The lowest BCUT2D eigenvalue weighted by molar-refractivity contribution is -0.147. The molecule has 0 radical (unpaired) electrons. The molecule has 8 nitrogen and oxygen atoms in total. The highest BCUT2D eigenvalue weighted by molar-refractivity contribution is 5.93. The van der Waals surface area contributed by atoms with E-state index in [1.165, 1.54) is 0 Å². The molecule has 0 unspecified atom stereocenters. The SMILES string of the molecule is CCOC(=O)C[C@H](C)[C@@H](NC(=O)[C@@H]1CCC(=O)N1)C(=O)O. The number of esters is 1. The van der Waals surface area contributed by atoms with Crippen molar-refractivity contribution in [3.8, 4) is 0 Å². The maximum absolute atomic E-state index is 11.9. The Morgan fingerprint density at radius 3 is 2.62 bits per heavy atom. The molecule has 1 heterocycles. The molecule has 2 amide bonds. The second-order valence-corrected chi connectivity index (χ2v) is 4.97. The van der Waals surface area contributed by atoms with Crippen LogP contribution in [0.4, 0.5) is 0 Å². The van der Waals surface area contributed by atoms with E-state index in [4.69, 9.17) is 4.74 Å². The largest absolute Gasteiger partial charge is 0.480 e. The molecule has 0 bridgehead atoms. The molecule has 0 aromatic carbocycles. The van der Waals surface area contributed by atoms with Gasteiger partial charge in [-0.3, -0.25) is 14.4 Å². The van der Waals surface area contributed by atoms with Crippen molar-refractivity contribution in [1.29, 1.82) is 0 Å². The Morgan fingerprint density at radius 2 is 2.14 bits per heavy atom. The summed E-state index contributed by atoms with van der Waals surface area (Å²) in [7, 11) is 0. The number of carbonyl (C=O) groups is 4. The van der Waals surface area contributed by atoms with Crippen LogP contribution in [0.2, 0.25) is 0 Å². The fourth-order valence-electron chi connectivity index (χ4n) is 2.11. The van der Waals surface area contributed by atoms with Gasteiger partial charge in [-0.25, -0.2) is 4.79 Å². The first-order chi connectivity index (χ1) is 9.85. The molecule has 0 aromatic rings. The van der Waals surface area contributed by atoms with Crippen LogP contribution in [-0.4, -0.2) is 47.6 Å². The van der Waals surface area contributed by atoms with Crippen LogP contribution in [-0.2, 0) is 23.9 Å². The van der Waals surface area contributed by atoms with Crippen LogP contribution in [0, 0.1) is 5.92 Å². The van der Waals surface area contributed by atoms with Gasteiger partial charge in [-0.1, -0.05) is 6.92 Å². The maximum Gasteiger partial charge on any atom is 0.326 e. The third kappa shape index (κ3) is 5.05. The molecule has 8 heteroatoms. The Labute approximate surface area is 122 Å². The first-order valence-corrected chi connectivity index (χ1v) is 6.83. The predicted molar refractivity (Wildman–Crippen MR) is 71.1 cm³/mol. The minimum Gasteiger partial charge on any atom is -0.480 e. The molecule has 1 rings (SSSR count). The van der Waals surface area contributed by atoms with Gasteiger partial charge in [0.05, 0.1) is 13.0 Å². The van der Waals surface area contributed by atoms with Crippen molar-refractivity contribution in [3.05, 3.63) is 0 Å². The summed E-state index contributed by atoms with van der Waals surface area (Å²) in [5.74, 6) is -3.16. The third-order valence-corrected chi connectivity index (χ3v) is 3.24. The van der Waals surface area contributed by atoms with Crippen molar-refractivity contribution in [3.63, 3.8) is 0 Å². The topological polar surface area (TPSA) is 122 Å². The van der Waals surface area contributed by atoms with Crippen molar-refractivity contribution >= 4 is 23.8 Å². The smallest absolute Gasteiger partial charge is 0.326 e. The van der Waals surface area contributed by atoms with Crippen LogP contribution < -0.4 is 10.6 Å². The number of ether oxygens (including phenoxy) is 1. The summed E-state index contributed by atoms with van der Waals surface area (Å²) in [5, 5.41) is 14.0. The van der Waals surface area contributed by atoms with E-state index in [2.05, 4.69) is 10.6 Å². The van der Waals surface area contributed by atoms with E-state index in [1.54, 1.807) is 13.8 Å². The van der Waals surface area contributed by atoms with Gasteiger partial charge in [0, 0.05) is 6.42 Å². The van der Waals surface area contributed by atoms with E-state index in [1.807, 2.05) is 0 Å². The van der Waals surface area contributed by atoms with Crippen molar-refractivity contribution in [2.45, 2.75) is 45.2 Å². The number of rotatable bonds is 7. The number of carboxylic acid groups (broad SMARTS) is 1. The zero-order valence-corrected chi connectivity index (χ0v) is 12.0. The fourth-order valence-corrected chi connectivity index (χ4v) is 2.11. The van der Waals surface area contributed by atoms with Crippen LogP contribution in [0.15, 0.2) is 0 Å². The van der Waals surface area contributed by atoms with Crippen molar-refractivity contribution < 1.29 is 29.0 Å². The molecule has 1 aliphatic heterocycles. The molecule has 0 aliphatic carbocycles. The Balaban J connectivity index is 2.60. The van der Waals surface area contributed by atoms with Crippen LogP contribution in [0.5, 0.6) is 0 Å². The Morgan fingerprint density at radius 1 is 1.48 bits per heavy atom. The lowest BCUT2D eigenvalue weighted by atomic mass is 9.98. The van der Waals surface area contributed by atoms with E-state index in [0.717, 1.165) is 0 Å². The van der Waals surface area contributed by atoms with Gasteiger partial charge in [-0.15, -0.1) is 0 Å². The number of hydrogen-bond donors (Lipinski definition) is 3. The number of carbonyl (C=O) groups excluding carboxylic acids is 3. The van der Waals surface area contributed by atoms with Crippen LogP contribution >= 0.6 is 0 Å². The molecule has 118 valence electrons. The summed E-state index contributed by atoms with van der Waals surface area (Å²) in [6.07, 6.45) is 0.472. The van der Waals surface area contributed by atoms with Crippen LogP contribution in [0.25, 0.3) is 0 Å². The highest BCUT2D eigenvalue weighted by Gasteiger charge is 2.33. The molecular formula is C13H20N2O6. The van der Waals surface area contributed by atoms with E-state index in [-0.39, 0.29) is 25.4 Å². The Bertz CT molecular complexity index is 436. The second kappa shape index (κ2) is 7.61. The quantitative estimate of drug-likeness (QED) is 0.541. The van der Waals surface area contributed by atoms with Crippen LogP contribution in [0.1, 0.15) is 33.1 Å². The molecule has 1 aliphatic rings. The maximum atomic E-state index is 11.9. The average Bonchev–Trinajstić information content (AvgIpc) is 2.82. The van der Waals surface area contributed by atoms with Gasteiger partial charge in [0.25, 0.3) is 0 Å². The van der Waals surface area contributed by atoms with Crippen molar-refractivity contribution in [2.24, 2.45) is 5.92 Å². The third-order valence-electron chi connectivity index (χ3n) is 3.24. The van der Waals surface area contributed by atoms with Crippen molar-refractivity contribution in [1.82, 2.24) is 10.6 Å². The van der Waals surface area contributed by atoms with Gasteiger partial charge in [-0.2, -0.15) is 0 Å². The summed E-state index contributed by atoms with van der Waals surface area (Å²) in [4.78, 5) is 45.6. The summed E-state index contributed by atoms with van der Waals surface area (Å²) < 4.78 is 4.76. The number of hydrogen-bond acceptors (Lipinski definition) is 5. The Hall–Kier alpha value is -2.12. The molecule has 21 heavy (non-hydrogen) atoms. The molecular weight excluding hydrogens is 280 g/mol. The molecule has 0 aromatic heterocycles.